The molecule has 1 aromatic heterocycles. The standard InChI is InChI=1S/C10H15N3/c1-2-8-5-7(1)6-9(8)12-10-3-4-11-13-10/h3-4,7-9H,1-2,5-6H2,(H2,11,12,13). The Bertz CT molecular complexity index is 280. The molecule has 3 atom stereocenters. The number of fused-ring (bicyclic) bond motifs is 2. The molecule has 2 N–H and O–H groups in total. The molecule has 2 aliphatic rings. The fraction of sp³-hybridized carbons (Fsp3) is 0.700. The van der Waals surface area contributed by atoms with Crippen LogP contribution in [0.3, 0.4) is 0 Å². The van der Waals surface area contributed by atoms with E-state index in [0.717, 1.165) is 17.7 Å². The maximum absolute atomic E-state index is 3.94. The molecule has 0 amide bonds. The number of nitrogens with zero attached hydrogens (tertiary/aromatic N) is 1. The van der Waals surface area contributed by atoms with Crippen LogP contribution in [0, 0.1) is 11.8 Å². The summed E-state index contributed by atoms with van der Waals surface area (Å²) < 4.78 is 0. The SMILES string of the molecule is c1cc(NC2CC3CCC2C3)[nH]n1. The molecule has 70 valence electrons. The van der Waals surface area contributed by atoms with Gasteiger partial charge in [0.05, 0.1) is 6.20 Å². The van der Waals surface area contributed by atoms with Crippen molar-refractivity contribution >= 4 is 5.82 Å². The third-order valence-electron chi connectivity index (χ3n) is 3.58. The van der Waals surface area contributed by atoms with E-state index in [1.165, 1.54) is 25.7 Å². The predicted octanol–water partition coefficient (Wildman–Crippen LogP) is 2.01. The average molecular weight is 177 g/mol. The molecule has 3 heteroatoms. The van der Waals surface area contributed by atoms with Crippen LogP contribution in [0.5, 0.6) is 0 Å². The second-order valence-corrected chi connectivity index (χ2v) is 4.40. The molecule has 0 saturated heterocycles. The first kappa shape index (κ1) is 7.42. The van der Waals surface area contributed by atoms with E-state index in [0.29, 0.717) is 6.04 Å². The van der Waals surface area contributed by atoms with E-state index >= 15 is 0 Å². The van der Waals surface area contributed by atoms with Gasteiger partial charge in [-0.05, 0) is 37.2 Å². The Hall–Kier alpha value is -0.990. The molecule has 13 heavy (non-hydrogen) atoms. The number of aromatic nitrogens is 2. The minimum absolute atomic E-state index is 0.708. The summed E-state index contributed by atoms with van der Waals surface area (Å²) in [7, 11) is 0. The topological polar surface area (TPSA) is 40.7 Å². The van der Waals surface area contributed by atoms with Gasteiger partial charge in [0.2, 0.25) is 0 Å². The van der Waals surface area contributed by atoms with E-state index in [9.17, 15) is 0 Å². The summed E-state index contributed by atoms with van der Waals surface area (Å²) in [5, 5.41) is 10.4. The van der Waals surface area contributed by atoms with Crippen LogP contribution in [0.15, 0.2) is 12.3 Å². The van der Waals surface area contributed by atoms with Crippen LogP contribution in [0.4, 0.5) is 5.82 Å². The van der Waals surface area contributed by atoms with Gasteiger partial charge in [0.15, 0.2) is 0 Å². The van der Waals surface area contributed by atoms with E-state index in [4.69, 9.17) is 0 Å². The van der Waals surface area contributed by atoms with Crippen molar-refractivity contribution in [3.8, 4) is 0 Å². The number of nitrogens with one attached hydrogen (secondary N) is 2. The van der Waals surface area contributed by atoms with Crippen LogP contribution >= 0.6 is 0 Å². The lowest BCUT2D eigenvalue weighted by Crippen LogP contribution is -2.25. The molecule has 0 spiro atoms. The van der Waals surface area contributed by atoms with Gasteiger partial charge >= 0.3 is 0 Å². The van der Waals surface area contributed by atoms with Crippen molar-refractivity contribution in [2.24, 2.45) is 11.8 Å². The molecule has 3 unspecified atom stereocenters. The van der Waals surface area contributed by atoms with Crippen LogP contribution in [0.2, 0.25) is 0 Å². The third-order valence-corrected chi connectivity index (χ3v) is 3.58. The van der Waals surface area contributed by atoms with E-state index in [2.05, 4.69) is 15.5 Å². The number of aromatic amines is 1. The molecule has 3 rings (SSSR count). The van der Waals surface area contributed by atoms with Crippen LogP contribution in [0.25, 0.3) is 0 Å². The smallest absolute Gasteiger partial charge is 0.121 e. The van der Waals surface area contributed by atoms with Crippen molar-refractivity contribution in [2.45, 2.75) is 31.7 Å². The number of hydrogen-bond acceptors (Lipinski definition) is 2. The highest BCUT2D eigenvalue weighted by molar-refractivity contribution is 5.34. The Morgan fingerprint density at radius 3 is 3.00 bits per heavy atom. The fourth-order valence-electron chi connectivity index (χ4n) is 2.96. The molecule has 0 radical (unpaired) electrons. The van der Waals surface area contributed by atoms with Crippen molar-refractivity contribution in [1.29, 1.82) is 0 Å². The van der Waals surface area contributed by atoms with E-state index in [1.54, 1.807) is 6.20 Å². The first-order chi connectivity index (χ1) is 6.42. The summed E-state index contributed by atoms with van der Waals surface area (Å²) in [5.74, 6) is 3.01. The largest absolute Gasteiger partial charge is 0.367 e. The van der Waals surface area contributed by atoms with Gasteiger partial charge in [-0.25, -0.2) is 0 Å². The molecular weight excluding hydrogens is 162 g/mol. The zero-order valence-electron chi connectivity index (χ0n) is 7.66. The van der Waals surface area contributed by atoms with Crippen LogP contribution in [-0.4, -0.2) is 16.2 Å². The van der Waals surface area contributed by atoms with Crippen molar-refractivity contribution in [1.82, 2.24) is 10.2 Å². The first-order valence-electron chi connectivity index (χ1n) is 5.18. The summed E-state index contributed by atoms with van der Waals surface area (Å²) in [6.45, 7) is 0. The molecule has 3 nitrogen and oxygen atoms in total. The Morgan fingerprint density at radius 2 is 2.38 bits per heavy atom. The van der Waals surface area contributed by atoms with Crippen molar-refractivity contribution in [2.75, 3.05) is 5.32 Å². The molecular formula is C10H15N3. The molecule has 2 fully saturated rings. The Kier molecular flexibility index (Phi) is 1.57. The lowest BCUT2D eigenvalue weighted by atomic mass is 9.95. The van der Waals surface area contributed by atoms with Gasteiger partial charge in [0.1, 0.15) is 5.82 Å². The molecule has 2 aliphatic carbocycles. The Morgan fingerprint density at radius 1 is 1.38 bits per heavy atom. The lowest BCUT2D eigenvalue weighted by molar-refractivity contribution is 0.439. The zero-order chi connectivity index (χ0) is 8.67. The third kappa shape index (κ3) is 1.23. The van der Waals surface area contributed by atoms with Crippen molar-refractivity contribution in [3.05, 3.63) is 12.3 Å². The Balaban J connectivity index is 1.68. The second-order valence-electron chi connectivity index (χ2n) is 4.40. The summed E-state index contributed by atoms with van der Waals surface area (Å²) in [6.07, 6.45) is 7.51. The first-order valence-corrected chi connectivity index (χ1v) is 5.18. The van der Waals surface area contributed by atoms with Gasteiger partial charge in [0.25, 0.3) is 0 Å². The maximum atomic E-state index is 3.94. The maximum Gasteiger partial charge on any atom is 0.121 e. The highest BCUT2D eigenvalue weighted by atomic mass is 15.2. The molecule has 0 aromatic carbocycles. The highest BCUT2D eigenvalue weighted by Gasteiger charge is 2.39. The predicted molar refractivity (Wildman–Crippen MR) is 51.4 cm³/mol. The quantitative estimate of drug-likeness (QED) is 0.725. The lowest BCUT2D eigenvalue weighted by Gasteiger charge is -2.22. The van der Waals surface area contributed by atoms with E-state index in [-0.39, 0.29) is 0 Å². The highest BCUT2D eigenvalue weighted by Crippen LogP contribution is 2.45. The normalized spacial score (nSPS) is 36.8. The van der Waals surface area contributed by atoms with Gasteiger partial charge in [-0.3, -0.25) is 5.10 Å². The monoisotopic (exact) mass is 177 g/mol. The summed E-state index contributed by atoms with van der Waals surface area (Å²) >= 11 is 0. The van der Waals surface area contributed by atoms with Crippen molar-refractivity contribution < 1.29 is 0 Å². The molecule has 0 aliphatic heterocycles. The molecule has 2 bridgehead atoms. The number of anilines is 1. The van der Waals surface area contributed by atoms with Gasteiger partial charge in [-0.2, -0.15) is 5.10 Å². The fourth-order valence-corrected chi connectivity index (χ4v) is 2.96. The number of H-pyrrole nitrogens is 1. The van der Waals surface area contributed by atoms with Gasteiger partial charge in [0, 0.05) is 6.04 Å². The Labute approximate surface area is 77.9 Å². The summed E-state index contributed by atoms with van der Waals surface area (Å²) in [5.41, 5.74) is 0. The molecule has 2 saturated carbocycles. The number of hydrogen-bond donors (Lipinski definition) is 2. The average Bonchev–Trinajstić information content (AvgIpc) is 2.77. The number of rotatable bonds is 2. The second kappa shape index (κ2) is 2.76. The summed E-state index contributed by atoms with van der Waals surface area (Å²) in [6, 6.07) is 2.71. The van der Waals surface area contributed by atoms with Crippen molar-refractivity contribution in [3.63, 3.8) is 0 Å². The van der Waals surface area contributed by atoms with Gasteiger partial charge in [-0.15, -0.1) is 0 Å². The van der Waals surface area contributed by atoms with Gasteiger partial charge in [-0.1, -0.05) is 6.42 Å². The molecule has 1 aromatic rings. The van der Waals surface area contributed by atoms with Crippen LogP contribution < -0.4 is 5.32 Å². The van der Waals surface area contributed by atoms with E-state index < -0.39 is 0 Å². The minimum Gasteiger partial charge on any atom is -0.367 e. The van der Waals surface area contributed by atoms with Gasteiger partial charge < -0.3 is 5.32 Å². The summed E-state index contributed by atoms with van der Waals surface area (Å²) in [4.78, 5) is 0. The van der Waals surface area contributed by atoms with E-state index in [1.807, 2.05) is 6.07 Å². The molecule has 1 heterocycles. The zero-order valence-corrected chi connectivity index (χ0v) is 7.66. The van der Waals surface area contributed by atoms with Crippen LogP contribution in [-0.2, 0) is 0 Å². The van der Waals surface area contributed by atoms with Crippen LogP contribution in [0.1, 0.15) is 25.7 Å². The minimum atomic E-state index is 0.708.